The standard InChI is InChI=1S/C19H22F2N2S/c1-2-3-9-24-18-16(20)10-14(11-17(18)21)15-5-4-8-22-19(15)23-12-13-6-7-13/h4-5,8,10-11,13H,2-3,6-7,9,12H2,1H3,(H,22,23). The van der Waals surface area contributed by atoms with E-state index in [1.807, 2.05) is 6.07 Å². The van der Waals surface area contributed by atoms with Gasteiger partial charge in [0.05, 0.1) is 4.90 Å². The van der Waals surface area contributed by atoms with Gasteiger partial charge in [-0.3, -0.25) is 0 Å². The van der Waals surface area contributed by atoms with Crippen molar-refractivity contribution in [2.24, 2.45) is 5.92 Å². The Bertz CT molecular complexity index is 679. The Kier molecular flexibility index (Phi) is 5.72. The van der Waals surface area contributed by atoms with Crippen LogP contribution >= 0.6 is 11.8 Å². The van der Waals surface area contributed by atoms with Crippen LogP contribution in [0.25, 0.3) is 11.1 Å². The van der Waals surface area contributed by atoms with Crippen molar-refractivity contribution in [2.75, 3.05) is 17.6 Å². The van der Waals surface area contributed by atoms with Crippen molar-refractivity contribution in [3.8, 4) is 11.1 Å². The molecule has 0 aliphatic heterocycles. The molecule has 2 nitrogen and oxygen atoms in total. The number of rotatable bonds is 8. The second kappa shape index (κ2) is 7.97. The lowest BCUT2D eigenvalue weighted by Gasteiger charge is -2.12. The number of nitrogens with one attached hydrogen (secondary N) is 1. The average molecular weight is 348 g/mol. The van der Waals surface area contributed by atoms with Gasteiger partial charge in [-0.1, -0.05) is 13.3 Å². The van der Waals surface area contributed by atoms with Crippen molar-refractivity contribution >= 4 is 17.6 Å². The van der Waals surface area contributed by atoms with Crippen molar-refractivity contribution < 1.29 is 8.78 Å². The normalized spacial score (nSPS) is 14.0. The molecular formula is C19H22F2N2S. The number of pyridine rings is 1. The second-order valence-corrected chi connectivity index (χ2v) is 7.30. The highest BCUT2D eigenvalue weighted by Gasteiger charge is 2.21. The minimum Gasteiger partial charge on any atom is -0.369 e. The number of halogens is 2. The van der Waals surface area contributed by atoms with Crippen molar-refractivity contribution in [2.45, 2.75) is 37.5 Å². The molecule has 1 N–H and O–H groups in total. The fraction of sp³-hybridized carbons (Fsp3) is 0.421. The molecule has 0 spiro atoms. The van der Waals surface area contributed by atoms with Gasteiger partial charge in [-0.25, -0.2) is 13.8 Å². The molecule has 0 saturated heterocycles. The SMILES string of the molecule is CCCCSc1c(F)cc(-c2cccnc2NCC2CC2)cc1F. The van der Waals surface area contributed by atoms with Crippen LogP contribution in [0, 0.1) is 17.6 Å². The molecule has 1 aromatic carbocycles. The number of thioether (sulfide) groups is 1. The maximum atomic E-state index is 14.4. The van der Waals surface area contributed by atoms with Crippen LogP contribution in [0.15, 0.2) is 35.4 Å². The van der Waals surface area contributed by atoms with Crippen LogP contribution in [0.5, 0.6) is 0 Å². The van der Waals surface area contributed by atoms with Crippen LogP contribution in [-0.2, 0) is 0 Å². The number of unbranched alkanes of at least 4 members (excludes halogenated alkanes) is 1. The number of aromatic nitrogens is 1. The molecule has 1 aromatic heterocycles. The summed E-state index contributed by atoms with van der Waals surface area (Å²) in [4.78, 5) is 4.45. The molecule has 0 unspecified atom stereocenters. The number of hydrogen-bond donors (Lipinski definition) is 1. The van der Waals surface area contributed by atoms with Crippen LogP contribution < -0.4 is 5.32 Å². The van der Waals surface area contributed by atoms with E-state index in [0.29, 0.717) is 17.3 Å². The summed E-state index contributed by atoms with van der Waals surface area (Å²) in [6, 6.07) is 6.46. The molecular weight excluding hydrogens is 326 g/mol. The zero-order chi connectivity index (χ0) is 16.9. The lowest BCUT2D eigenvalue weighted by Crippen LogP contribution is -2.06. The molecule has 1 saturated carbocycles. The van der Waals surface area contributed by atoms with E-state index in [4.69, 9.17) is 0 Å². The molecule has 0 radical (unpaired) electrons. The molecule has 5 heteroatoms. The number of anilines is 1. The van der Waals surface area contributed by atoms with Crippen molar-refractivity contribution in [1.82, 2.24) is 4.98 Å². The smallest absolute Gasteiger partial charge is 0.140 e. The lowest BCUT2D eigenvalue weighted by molar-refractivity contribution is 0.541. The maximum absolute atomic E-state index is 14.4. The van der Waals surface area contributed by atoms with E-state index in [9.17, 15) is 8.78 Å². The van der Waals surface area contributed by atoms with Crippen LogP contribution in [0.4, 0.5) is 14.6 Å². The predicted molar refractivity (Wildman–Crippen MR) is 96.4 cm³/mol. The third kappa shape index (κ3) is 4.26. The fourth-order valence-electron chi connectivity index (χ4n) is 2.51. The summed E-state index contributed by atoms with van der Waals surface area (Å²) in [5.74, 6) is 1.12. The highest BCUT2D eigenvalue weighted by molar-refractivity contribution is 7.99. The molecule has 2 aromatic rings. The molecule has 1 fully saturated rings. The Labute approximate surface area is 146 Å². The van der Waals surface area contributed by atoms with Crippen LogP contribution in [0.2, 0.25) is 0 Å². The van der Waals surface area contributed by atoms with Crippen molar-refractivity contribution in [3.05, 3.63) is 42.1 Å². The first-order chi connectivity index (χ1) is 11.7. The molecule has 128 valence electrons. The summed E-state index contributed by atoms with van der Waals surface area (Å²) in [6.45, 7) is 2.93. The zero-order valence-corrected chi connectivity index (χ0v) is 14.6. The van der Waals surface area contributed by atoms with Crippen LogP contribution in [0.3, 0.4) is 0 Å². The van der Waals surface area contributed by atoms with Gasteiger partial charge in [0.2, 0.25) is 0 Å². The first-order valence-corrected chi connectivity index (χ1v) is 9.48. The van der Waals surface area contributed by atoms with E-state index in [-0.39, 0.29) is 4.90 Å². The summed E-state index contributed by atoms with van der Waals surface area (Å²) in [5, 5.41) is 3.31. The summed E-state index contributed by atoms with van der Waals surface area (Å²) in [6.07, 6.45) is 6.13. The Morgan fingerprint density at radius 1 is 1.25 bits per heavy atom. The van der Waals surface area contributed by atoms with E-state index < -0.39 is 11.6 Å². The van der Waals surface area contributed by atoms with E-state index in [2.05, 4.69) is 17.2 Å². The molecule has 3 rings (SSSR count). The second-order valence-electron chi connectivity index (χ2n) is 6.19. The van der Waals surface area contributed by atoms with Crippen molar-refractivity contribution in [1.29, 1.82) is 0 Å². The highest BCUT2D eigenvalue weighted by atomic mass is 32.2. The van der Waals surface area contributed by atoms with Gasteiger partial charge in [0.1, 0.15) is 17.5 Å². The summed E-state index contributed by atoms with van der Waals surface area (Å²) >= 11 is 1.25. The van der Waals surface area contributed by atoms with Gasteiger partial charge in [0.25, 0.3) is 0 Å². The van der Waals surface area contributed by atoms with Gasteiger partial charge in [0, 0.05) is 18.3 Å². The zero-order valence-electron chi connectivity index (χ0n) is 13.8. The first-order valence-electron chi connectivity index (χ1n) is 8.50. The van der Waals surface area contributed by atoms with Crippen LogP contribution in [-0.4, -0.2) is 17.3 Å². The van der Waals surface area contributed by atoms with Gasteiger partial charge in [-0.05, 0) is 60.8 Å². The Balaban J connectivity index is 1.83. The predicted octanol–water partition coefficient (Wildman–Crippen LogP) is 5.74. The summed E-state index contributed by atoms with van der Waals surface area (Å²) in [7, 11) is 0. The molecule has 0 amide bonds. The van der Waals surface area contributed by atoms with Gasteiger partial charge in [-0.2, -0.15) is 0 Å². The van der Waals surface area contributed by atoms with Crippen molar-refractivity contribution in [3.63, 3.8) is 0 Å². The Morgan fingerprint density at radius 3 is 2.67 bits per heavy atom. The van der Waals surface area contributed by atoms with E-state index in [0.717, 1.165) is 30.7 Å². The maximum Gasteiger partial charge on any atom is 0.140 e. The molecule has 0 atom stereocenters. The average Bonchev–Trinajstić information content (AvgIpc) is 3.40. The third-order valence-electron chi connectivity index (χ3n) is 4.12. The molecule has 24 heavy (non-hydrogen) atoms. The molecule has 1 aliphatic rings. The first kappa shape index (κ1) is 17.2. The van der Waals surface area contributed by atoms with Gasteiger partial charge >= 0.3 is 0 Å². The lowest BCUT2D eigenvalue weighted by atomic mass is 10.1. The number of nitrogens with zero attached hydrogens (tertiary/aromatic N) is 1. The third-order valence-corrected chi connectivity index (χ3v) is 5.29. The van der Waals surface area contributed by atoms with E-state index >= 15 is 0 Å². The summed E-state index contributed by atoms with van der Waals surface area (Å²) < 4.78 is 28.8. The van der Waals surface area contributed by atoms with Crippen LogP contribution in [0.1, 0.15) is 32.6 Å². The minimum absolute atomic E-state index is 0.114. The molecule has 1 heterocycles. The molecule has 0 bridgehead atoms. The monoisotopic (exact) mass is 348 g/mol. The quantitative estimate of drug-likeness (QED) is 0.486. The highest BCUT2D eigenvalue weighted by Crippen LogP contribution is 2.34. The largest absolute Gasteiger partial charge is 0.369 e. The topological polar surface area (TPSA) is 24.9 Å². The number of benzene rings is 1. The summed E-state index contributed by atoms with van der Waals surface area (Å²) in [5.41, 5.74) is 1.26. The van der Waals surface area contributed by atoms with Gasteiger partial charge in [0.15, 0.2) is 0 Å². The number of hydrogen-bond acceptors (Lipinski definition) is 3. The molecule has 1 aliphatic carbocycles. The Morgan fingerprint density at radius 2 is 2.00 bits per heavy atom. The van der Waals surface area contributed by atoms with E-state index in [1.54, 1.807) is 12.3 Å². The van der Waals surface area contributed by atoms with Gasteiger partial charge < -0.3 is 5.32 Å². The Hall–Kier alpha value is -1.62. The minimum atomic E-state index is -0.497. The van der Waals surface area contributed by atoms with Gasteiger partial charge in [-0.15, -0.1) is 11.8 Å². The van der Waals surface area contributed by atoms with E-state index in [1.165, 1.54) is 36.7 Å². The fourth-order valence-corrected chi connectivity index (χ4v) is 3.54.